The third kappa shape index (κ3) is 6.84. The molecule has 1 unspecified atom stereocenters. The molecular formula is C45H46N8O3. The van der Waals surface area contributed by atoms with Gasteiger partial charge >= 0.3 is 0 Å². The van der Waals surface area contributed by atoms with E-state index in [1.54, 1.807) is 18.2 Å². The van der Waals surface area contributed by atoms with Crippen LogP contribution in [0.1, 0.15) is 74.5 Å². The molecule has 4 aliphatic rings. The zero-order valence-electron chi connectivity index (χ0n) is 32.1. The molecule has 11 heteroatoms. The number of rotatable bonds is 8. The van der Waals surface area contributed by atoms with E-state index >= 15 is 0 Å². The molecule has 11 nitrogen and oxygen atoms in total. The summed E-state index contributed by atoms with van der Waals surface area (Å²) < 4.78 is 2.21. The molecule has 1 atom stereocenters. The number of hydrogen-bond acceptors (Lipinski definition) is 8. The quantitative estimate of drug-likeness (QED) is 0.218. The second-order valence-corrected chi connectivity index (χ2v) is 15.5. The van der Waals surface area contributed by atoms with Crippen molar-refractivity contribution in [3.05, 3.63) is 118 Å². The third-order valence-electron chi connectivity index (χ3n) is 12.2. The summed E-state index contributed by atoms with van der Waals surface area (Å²) in [5.41, 5.74) is 9.86. The number of nitrogens with zero attached hydrogens (tertiary/aromatic N) is 7. The molecule has 3 amide bonds. The van der Waals surface area contributed by atoms with Crippen molar-refractivity contribution in [2.75, 3.05) is 55.6 Å². The Kier molecular flexibility index (Phi) is 9.96. The van der Waals surface area contributed by atoms with Crippen molar-refractivity contribution in [3.63, 3.8) is 0 Å². The molecule has 0 saturated carbocycles. The summed E-state index contributed by atoms with van der Waals surface area (Å²) in [4.78, 5) is 47.6. The lowest BCUT2D eigenvalue weighted by Gasteiger charge is -2.40. The van der Waals surface area contributed by atoms with Crippen LogP contribution in [0.15, 0.2) is 79.0 Å². The molecule has 1 aromatic heterocycles. The van der Waals surface area contributed by atoms with Gasteiger partial charge in [0.05, 0.1) is 28.3 Å². The second kappa shape index (κ2) is 15.2. The average Bonchev–Trinajstić information content (AvgIpc) is 3.61. The lowest BCUT2D eigenvalue weighted by Crippen LogP contribution is -2.51. The molecule has 4 aromatic rings. The molecule has 5 heterocycles. The Labute approximate surface area is 328 Å². The van der Waals surface area contributed by atoms with E-state index in [9.17, 15) is 24.9 Å². The zero-order chi connectivity index (χ0) is 39.1. The molecule has 0 bridgehead atoms. The maximum absolute atomic E-state index is 13.4. The number of amides is 3. The minimum absolute atomic E-state index is 0.351. The highest BCUT2D eigenvalue weighted by Gasteiger charge is 2.44. The van der Waals surface area contributed by atoms with E-state index in [0.717, 1.165) is 91.8 Å². The van der Waals surface area contributed by atoms with Crippen molar-refractivity contribution < 1.29 is 14.4 Å². The first-order valence-electron chi connectivity index (χ1n) is 19.6. The normalized spacial score (nSPS) is 19.2. The number of carbonyl (C=O) groups is 3. The number of anilines is 2. The van der Waals surface area contributed by atoms with Gasteiger partial charge in [0.2, 0.25) is 5.91 Å². The fraction of sp³-hybridized carbons (Fsp3) is 0.356. The van der Waals surface area contributed by atoms with Crippen LogP contribution in [0, 0.1) is 42.4 Å². The molecule has 4 aliphatic heterocycles. The van der Waals surface area contributed by atoms with Crippen molar-refractivity contribution in [2.45, 2.75) is 52.1 Å². The van der Waals surface area contributed by atoms with Crippen molar-refractivity contribution in [1.29, 1.82) is 10.5 Å². The number of fused-ring (bicyclic) bond motifs is 1. The fourth-order valence-electron chi connectivity index (χ4n) is 8.98. The predicted octanol–water partition coefficient (Wildman–Crippen LogP) is 5.99. The Balaban J connectivity index is 0.824. The summed E-state index contributed by atoms with van der Waals surface area (Å²) in [6, 6.07) is 25.6. The number of hydrogen-bond donors (Lipinski definition) is 1. The maximum Gasteiger partial charge on any atom is 0.262 e. The van der Waals surface area contributed by atoms with E-state index in [-0.39, 0.29) is 5.91 Å². The van der Waals surface area contributed by atoms with Crippen LogP contribution in [-0.4, -0.2) is 83.9 Å². The Morgan fingerprint density at radius 1 is 0.750 bits per heavy atom. The topological polar surface area (TPSA) is 129 Å². The lowest BCUT2D eigenvalue weighted by molar-refractivity contribution is -0.125. The van der Waals surface area contributed by atoms with E-state index in [1.165, 1.54) is 11.3 Å². The van der Waals surface area contributed by atoms with Gasteiger partial charge < -0.3 is 19.7 Å². The Hall–Kier alpha value is -6.17. The molecule has 0 aliphatic carbocycles. The van der Waals surface area contributed by atoms with Crippen LogP contribution in [0.25, 0.3) is 11.1 Å². The van der Waals surface area contributed by atoms with Gasteiger partial charge in [0.25, 0.3) is 11.8 Å². The van der Waals surface area contributed by atoms with Gasteiger partial charge in [-0.1, -0.05) is 30.8 Å². The van der Waals surface area contributed by atoms with E-state index in [0.29, 0.717) is 53.3 Å². The summed E-state index contributed by atoms with van der Waals surface area (Å²) in [5.74, 6) is -0.508. The minimum Gasteiger partial charge on any atom is -0.372 e. The van der Waals surface area contributed by atoms with E-state index in [1.807, 2.05) is 31.2 Å². The van der Waals surface area contributed by atoms with Crippen molar-refractivity contribution in [1.82, 2.24) is 19.7 Å². The van der Waals surface area contributed by atoms with Gasteiger partial charge in [0.15, 0.2) is 0 Å². The van der Waals surface area contributed by atoms with Gasteiger partial charge in [-0.05, 0) is 99.0 Å². The van der Waals surface area contributed by atoms with Crippen molar-refractivity contribution in [3.8, 4) is 23.3 Å². The molecule has 56 heavy (non-hydrogen) atoms. The van der Waals surface area contributed by atoms with E-state index < -0.39 is 17.9 Å². The van der Waals surface area contributed by atoms with Crippen LogP contribution in [0.3, 0.4) is 0 Å². The van der Waals surface area contributed by atoms with Gasteiger partial charge in [-0.15, -0.1) is 0 Å². The maximum atomic E-state index is 13.4. The Bertz CT molecular complexity index is 2300. The molecule has 1 N–H and O–H groups in total. The molecule has 8 rings (SSSR count). The smallest absolute Gasteiger partial charge is 0.262 e. The Morgan fingerprint density at radius 2 is 1.41 bits per heavy atom. The van der Waals surface area contributed by atoms with Crippen molar-refractivity contribution >= 4 is 29.1 Å². The summed E-state index contributed by atoms with van der Waals surface area (Å²) in [6.07, 6.45) is 3.22. The SMILES string of the molecule is C=C1CCC(N2C(=O)c3ccc(N4CCN(CC5CCN(c6ccc(Cn7c(C)c(C#N)c(-c8ccc(C#N)cc8)c7C)cc6)CC5)CC4)cc3C2=O)C(=O)N1. The Morgan fingerprint density at radius 3 is 2.07 bits per heavy atom. The molecular weight excluding hydrogens is 701 g/mol. The summed E-state index contributed by atoms with van der Waals surface area (Å²) in [5, 5.41) is 21.9. The standard InChI is InChI=1S/C45H46N8O3/c1-29-4-15-41(43(54)48-29)53-44(55)38-14-13-37(24-39(38)45(53)56)51-22-20-49(21-23-51)27-34-16-18-50(19-17-34)36-11-7-33(8-12-36)28-52-30(2)40(26-47)42(31(52)3)35-9-5-32(25-46)6-10-35/h5-14,24,34,41H,1,4,15-23,27-28H2,2-3H3,(H,48,54). The molecule has 284 valence electrons. The molecule has 0 radical (unpaired) electrons. The van der Waals surface area contributed by atoms with Crippen LogP contribution in [0.2, 0.25) is 0 Å². The number of imide groups is 1. The zero-order valence-corrected chi connectivity index (χ0v) is 32.1. The minimum atomic E-state index is -0.806. The number of piperidine rings is 2. The first-order chi connectivity index (χ1) is 27.1. The highest BCUT2D eigenvalue weighted by molar-refractivity contribution is 6.23. The van der Waals surface area contributed by atoms with Crippen molar-refractivity contribution in [2.24, 2.45) is 5.92 Å². The number of nitriles is 2. The second-order valence-electron chi connectivity index (χ2n) is 15.5. The van der Waals surface area contributed by atoms with Crippen LogP contribution in [0.5, 0.6) is 0 Å². The van der Waals surface area contributed by atoms with Crippen LogP contribution >= 0.6 is 0 Å². The number of benzene rings is 3. The van der Waals surface area contributed by atoms with E-state index in [2.05, 4.69) is 74.5 Å². The average molecular weight is 747 g/mol. The monoisotopic (exact) mass is 746 g/mol. The predicted molar refractivity (Wildman–Crippen MR) is 215 cm³/mol. The summed E-state index contributed by atoms with van der Waals surface area (Å²) in [6.45, 7) is 15.2. The van der Waals surface area contributed by atoms with Gasteiger partial charge in [-0.25, -0.2) is 0 Å². The van der Waals surface area contributed by atoms with Gasteiger partial charge in [-0.2, -0.15) is 10.5 Å². The van der Waals surface area contributed by atoms with Crippen LogP contribution in [0.4, 0.5) is 11.4 Å². The number of piperazine rings is 1. The molecule has 3 saturated heterocycles. The first-order valence-corrected chi connectivity index (χ1v) is 19.6. The fourth-order valence-corrected chi connectivity index (χ4v) is 8.98. The number of carbonyl (C=O) groups excluding carboxylic acids is 3. The molecule has 0 spiro atoms. The van der Waals surface area contributed by atoms with Crippen LogP contribution in [-0.2, 0) is 11.3 Å². The highest BCUT2D eigenvalue weighted by Crippen LogP contribution is 2.34. The van der Waals surface area contributed by atoms with Gasteiger partial charge in [0.1, 0.15) is 12.1 Å². The summed E-state index contributed by atoms with van der Waals surface area (Å²) >= 11 is 0. The van der Waals surface area contributed by atoms with Gasteiger partial charge in [-0.3, -0.25) is 24.2 Å². The van der Waals surface area contributed by atoms with Crippen LogP contribution < -0.4 is 15.1 Å². The molecule has 3 fully saturated rings. The largest absolute Gasteiger partial charge is 0.372 e. The number of aromatic nitrogens is 1. The number of allylic oxidation sites excluding steroid dienone is 1. The van der Waals surface area contributed by atoms with Gasteiger partial charge in [0, 0.05) is 86.4 Å². The highest BCUT2D eigenvalue weighted by atomic mass is 16.2. The third-order valence-corrected chi connectivity index (χ3v) is 12.2. The molecule has 3 aromatic carbocycles. The first kappa shape index (κ1) is 36.8. The van der Waals surface area contributed by atoms with E-state index in [4.69, 9.17) is 0 Å². The lowest BCUT2D eigenvalue weighted by atomic mass is 9.95. The summed E-state index contributed by atoms with van der Waals surface area (Å²) in [7, 11) is 0. The number of nitrogens with one attached hydrogen (secondary N) is 1.